The maximum absolute atomic E-state index is 5.53. The van der Waals surface area contributed by atoms with Crippen molar-refractivity contribution >= 4 is 21.6 Å². The first-order valence-corrected chi connectivity index (χ1v) is 5.06. The third-order valence-electron chi connectivity index (χ3n) is 1.87. The Hall–Kier alpha value is -0.700. The zero-order valence-corrected chi connectivity index (χ0v) is 8.17. The first-order valence-electron chi connectivity index (χ1n) is 3.94. The van der Waals surface area contributed by atoms with Crippen LogP contribution in [-0.2, 0) is 0 Å². The molecule has 0 saturated carbocycles. The maximum atomic E-state index is 5.53. The van der Waals surface area contributed by atoms with E-state index >= 15 is 0 Å². The fraction of sp³-hybridized carbons (Fsp3) is 0.333. The summed E-state index contributed by atoms with van der Waals surface area (Å²) in [5.74, 6) is 0.953. The maximum Gasteiger partial charge on any atom is 0.142 e. The highest BCUT2D eigenvalue weighted by atomic mass is 79.9. The van der Waals surface area contributed by atoms with Gasteiger partial charge in [0.25, 0.3) is 0 Å². The average molecular weight is 228 g/mol. The summed E-state index contributed by atoms with van der Waals surface area (Å²) in [6, 6.07) is 8.39. The van der Waals surface area contributed by atoms with Gasteiger partial charge in [0, 0.05) is 5.33 Å². The van der Waals surface area contributed by atoms with Crippen LogP contribution in [0.1, 0.15) is 0 Å². The molecule has 2 rings (SSSR count). The van der Waals surface area contributed by atoms with Crippen molar-refractivity contribution in [3.05, 3.63) is 24.3 Å². The summed E-state index contributed by atoms with van der Waals surface area (Å²) in [6.45, 7) is 0.738. The van der Waals surface area contributed by atoms with E-state index in [4.69, 9.17) is 4.74 Å². The Morgan fingerprint density at radius 2 is 2.33 bits per heavy atom. The molecule has 2 nitrogen and oxygen atoms in total. The van der Waals surface area contributed by atoms with Crippen LogP contribution in [0, 0.1) is 0 Å². The molecular weight excluding hydrogens is 218 g/mol. The van der Waals surface area contributed by atoms with Gasteiger partial charge in [-0.3, -0.25) is 0 Å². The monoisotopic (exact) mass is 227 g/mol. The van der Waals surface area contributed by atoms with Crippen molar-refractivity contribution in [2.75, 3.05) is 17.3 Å². The van der Waals surface area contributed by atoms with Crippen LogP contribution < -0.4 is 10.1 Å². The minimum Gasteiger partial charge on any atom is -0.489 e. The van der Waals surface area contributed by atoms with E-state index in [1.807, 2.05) is 24.3 Å². The Balaban J connectivity index is 2.23. The smallest absolute Gasteiger partial charge is 0.142 e. The van der Waals surface area contributed by atoms with E-state index in [2.05, 4.69) is 21.2 Å². The van der Waals surface area contributed by atoms with E-state index in [1.165, 1.54) is 0 Å². The molecule has 64 valence electrons. The summed E-state index contributed by atoms with van der Waals surface area (Å²) < 4.78 is 5.53. The van der Waals surface area contributed by atoms with Crippen LogP contribution in [0.25, 0.3) is 0 Å². The molecule has 0 fully saturated rings. The highest BCUT2D eigenvalue weighted by molar-refractivity contribution is 9.09. The lowest BCUT2D eigenvalue weighted by Crippen LogP contribution is -2.32. The number of hydrogen-bond donors (Lipinski definition) is 1. The molecule has 1 aliphatic rings. The number of fused-ring (bicyclic) bond motifs is 1. The molecule has 1 atom stereocenters. The third-order valence-corrected chi connectivity index (χ3v) is 2.65. The summed E-state index contributed by atoms with van der Waals surface area (Å²) in [7, 11) is 0. The molecule has 0 aromatic heterocycles. The summed E-state index contributed by atoms with van der Waals surface area (Å²) in [5.41, 5.74) is 1.09. The SMILES string of the molecule is BrCC1COc2ccccc2N1. The summed E-state index contributed by atoms with van der Waals surface area (Å²) in [5, 5.41) is 4.29. The van der Waals surface area contributed by atoms with Gasteiger partial charge >= 0.3 is 0 Å². The highest BCUT2D eigenvalue weighted by Gasteiger charge is 2.16. The van der Waals surface area contributed by atoms with E-state index < -0.39 is 0 Å². The lowest BCUT2D eigenvalue weighted by molar-refractivity contribution is 0.294. The minimum atomic E-state index is 0.389. The van der Waals surface area contributed by atoms with Crippen molar-refractivity contribution < 1.29 is 4.74 Å². The molecule has 1 unspecified atom stereocenters. The fourth-order valence-electron chi connectivity index (χ4n) is 1.25. The van der Waals surface area contributed by atoms with Crippen molar-refractivity contribution in [2.45, 2.75) is 6.04 Å². The van der Waals surface area contributed by atoms with E-state index in [9.17, 15) is 0 Å². The number of hydrogen-bond acceptors (Lipinski definition) is 2. The van der Waals surface area contributed by atoms with Gasteiger partial charge in [-0.15, -0.1) is 0 Å². The number of anilines is 1. The van der Waals surface area contributed by atoms with Gasteiger partial charge in [-0.25, -0.2) is 0 Å². The van der Waals surface area contributed by atoms with Gasteiger partial charge in [0.2, 0.25) is 0 Å². The number of benzene rings is 1. The second-order valence-corrected chi connectivity index (χ2v) is 3.45. The number of halogens is 1. The van der Waals surface area contributed by atoms with Gasteiger partial charge in [0.15, 0.2) is 0 Å². The number of nitrogens with one attached hydrogen (secondary N) is 1. The fourth-order valence-corrected chi connectivity index (χ4v) is 1.60. The van der Waals surface area contributed by atoms with Crippen LogP contribution in [0.3, 0.4) is 0 Å². The minimum absolute atomic E-state index is 0.389. The van der Waals surface area contributed by atoms with Crippen LogP contribution in [0.2, 0.25) is 0 Å². The molecule has 0 radical (unpaired) electrons. The summed E-state index contributed by atoms with van der Waals surface area (Å²) in [4.78, 5) is 0. The lowest BCUT2D eigenvalue weighted by atomic mass is 10.2. The van der Waals surface area contributed by atoms with Crippen molar-refractivity contribution in [3.8, 4) is 5.75 Å². The molecule has 0 spiro atoms. The first-order chi connectivity index (χ1) is 5.90. The molecule has 1 aliphatic heterocycles. The zero-order valence-electron chi connectivity index (χ0n) is 6.59. The molecule has 0 saturated heterocycles. The second kappa shape index (κ2) is 3.35. The standard InChI is InChI=1S/C9H10BrNO/c10-5-7-6-12-9-4-2-1-3-8(9)11-7/h1-4,7,11H,5-6H2. The largest absolute Gasteiger partial charge is 0.489 e. The van der Waals surface area contributed by atoms with Gasteiger partial charge in [0.1, 0.15) is 12.4 Å². The van der Waals surface area contributed by atoms with Crippen molar-refractivity contribution in [2.24, 2.45) is 0 Å². The lowest BCUT2D eigenvalue weighted by Gasteiger charge is -2.25. The Morgan fingerprint density at radius 3 is 3.17 bits per heavy atom. The van der Waals surface area contributed by atoms with Crippen LogP contribution in [0.5, 0.6) is 5.75 Å². The summed E-state index contributed by atoms with van der Waals surface area (Å²) in [6.07, 6.45) is 0. The Kier molecular flexibility index (Phi) is 2.21. The topological polar surface area (TPSA) is 21.3 Å². The Morgan fingerprint density at radius 1 is 1.50 bits per heavy atom. The molecule has 1 N–H and O–H groups in total. The highest BCUT2D eigenvalue weighted by Crippen LogP contribution is 2.28. The third kappa shape index (κ3) is 1.41. The molecule has 0 aliphatic carbocycles. The Bertz CT molecular complexity index is 277. The average Bonchev–Trinajstić information content (AvgIpc) is 2.17. The quantitative estimate of drug-likeness (QED) is 0.744. The molecule has 1 aromatic carbocycles. The van der Waals surface area contributed by atoms with E-state index in [1.54, 1.807) is 0 Å². The van der Waals surface area contributed by atoms with Gasteiger partial charge in [-0.1, -0.05) is 28.1 Å². The predicted molar refractivity (Wildman–Crippen MR) is 53.1 cm³/mol. The van der Waals surface area contributed by atoms with Crippen LogP contribution in [0.15, 0.2) is 24.3 Å². The van der Waals surface area contributed by atoms with Gasteiger partial charge < -0.3 is 10.1 Å². The van der Waals surface area contributed by atoms with E-state index in [0.717, 1.165) is 23.4 Å². The molecule has 1 aromatic rings. The van der Waals surface area contributed by atoms with Crippen LogP contribution in [0.4, 0.5) is 5.69 Å². The van der Waals surface area contributed by atoms with Crippen molar-refractivity contribution in [1.29, 1.82) is 0 Å². The second-order valence-electron chi connectivity index (χ2n) is 2.80. The van der Waals surface area contributed by atoms with Crippen LogP contribution >= 0.6 is 15.9 Å². The molecule has 0 bridgehead atoms. The molecule has 12 heavy (non-hydrogen) atoms. The number of alkyl halides is 1. The number of ether oxygens (including phenoxy) is 1. The first kappa shape index (κ1) is 7.92. The molecular formula is C9H10BrNO. The van der Waals surface area contributed by atoms with Gasteiger partial charge in [-0.2, -0.15) is 0 Å². The van der Waals surface area contributed by atoms with Crippen molar-refractivity contribution in [3.63, 3.8) is 0 Å². The van der Waals surface area contributed by atoms with E-state index in [0.29, 0.717) is 6.04 Å². The predicted octanol–water partition coefficient (Wildman–Crippen LogP) is 2.25. The number of rotatable bonds is 1. The molecule has 0 amide bonds. The zero-order chi connectivity index (χ0) is 8.39. The van der Waals surface area contributed by atoms with E-state index in [-0.39, 0.29) is 0 Å². The number of para-hydroxylation sites is 2. The summed E-state index contributed by atoms with van der Waals surface area (Å²) >= 11 is 3.42. The molecule has 1 heterocycles. The van der Waals surface area contributed by atoms with Crippen molar-refractivity contribution in [1.82, 2.24) is 0 Å². The Labute approximate surface area is 80.1 Å². The van der Waals surface area contributed by atoms with Crippen LogP contribution in [-0.4, -0.2) is 18.0 Å². The normalized spacial score (nSPS) is 20.6. The van der Waals surface area contributed by atoms with Gasteiger partial charge in [0.05, 0.1) is 11.7 Å². The van der Waals surface area contributed by atoms with Gasteiger partial charge in [-0.05, 0) is 12.1 Å². The molecule has 3 heteroatoms.